The number of rotatable bonds is 7. The van der Waals surface area contributed by atoms with Crippen LogP contribution in [0.1, 0.15) is 18.1 Å². The summed E-state index contributed by atoms with van der Waals surface area (Å²) in [5.74, 6) is 0.683. The standard InChI is InChI=1S/C17H16IN3O3S/c1-12(14-3-2-4-15(18)9-14)19-20-17(22)11-25-10-13-5-7-16(8-6-13)21(23)24/h2-9H,10-11H2,1H3,(H,20,22). The average molecular weight is 469 g/mol. The van der Waals surface area contributed by atoms with Crippen LogP contribution in [0.4, 0.5) is 5.69 Å². The Morgan fingerprint density at radius 3 is 2.64 bits per heavy atom. The van der Waals surface area contributed by atoms with E-state index in [0.29, 0.717) is 5.75 Å². The molecule has 2 rings (SSSR count). The van der Waals surface area contributed by atoms with Gasteiger partial charge in [-0.25, -0.2) is 5.43 Å². The number of nitrogens with one attached hydrogen (secondary N) is 1. The van der Waals surface area contributed by atoms with Gasteiger partial charge in [-0.15, -0.1) is 11.8 Å². The van der Waals surface area contributed by atoms with Crippen molar-refractivity contribution in [1.29, 1.82) is 0 Å². The van der Waals surface area contributed by atoms with Crippen LogP contribution < -0.4 is 5.43 Å². The van der Waals surface area contributed by atoms with E-state index in [2.05, 4.69) is 33.1 Å². The summed E-state index contributed by atoms with van der Waals surface area (Å²) in [7, 11) is 0. The molecule has 25 heavy (non-hydrogen) atoms. The molecule has 0 saturated heterocycles. The molecular formula is C17H16IN3O3S. The molecule has 0 aromatic heterocycles. The van der Waals surface area contributed by atoms with Gasteiger partial charge < -0.3 is 0 Å². The molecule has 1 N–H and O–H groups in total. The smallest absolute Gasteiger partial charge is 0.269 e. The molecule has 8 heteroatoms. The van der Waals surface area contributed by atoms with Crippen LogP contribution in [0.5, 0.6) is 0 Å². The molecule has 0 fully saturated rings. The van der Waals surface area contributed by atoms with Crippen molar-refractivity contribution in [3.05, 3.63) is 73.3 Å². The van der Waals surface area contributed by atoms with Crippen molar-refractivity contribution in [3.63, 3.8) is 0 Å². The second-order valence-corrected chi connectivity index (χ2v) is 7.39. The third-order valence-corrected chi connectivity index (χ3v) is 4.91. The van der Waals surface area contributed by atoms with E-state index in [9.17, 15) is 14.9 Å². The highest BCUT2D eigenvalue weighted by Crippen LogP contribution is 2.16. The fourth-order valence-electron chi connectivity index (χ4n) is 1.93. The van der Waals surface area contributed by atoms with Gasteiger partial charge in [0.2, 0.25) is 5.91 Å². The van der Waals surface area contributed by atoms with Gasteiger partial charge >= 0.3 is 0 Å². The molecule has 0 bridgehead atoms. The topological polar surface area (TPSA) is 84.6 Å². The normalized spacial score (nSPS) is 11.2. The number of benzene rings is 2. The molecule has 0 atom stereocenters. The molecule has 0 aliphatic heterocycles. The van der Waals surface area contributed by atoms with E-state index in [-0.39, 0.29) is 17.3 Å². The van der Waals surface area contributed by atoms with Crippen molar-refractivity contribution in [2.45, 2.75) is 12.7 Å². The van der Waals surface area contributed by atoms with Gasteiger partial charge in [0.25, 0.3) is 5.69 Å². The Balaban J connectivity index is 1.78. The number of carbonyl (C=O) groups excluding carboxylic acids is 1. The van der Waals surface area contributed by atoms with E-state index < -0.39 is 4.92 Å². The SMILES string of the molecule is CC(=NNC(=O)CSCc1ccc([N+](=O)[O-])cc1)c1cccc(I)c1. The van der Waals surface area contributed by atoms with Gasteiger partial charge in [0.15, 0.2) is 0 Å². The fraction of sp³-hybridized carbons (Fsp3) is 0.176. The first-order chi connectivity index (χ1) is 12.0. The highest BCUT2D eigenvalue weighted by atomic mass is 127. The number of nitrogens with zero attached hydrogens (tertiary/aromatic N) is 2. The van der Waals surface area contributed by atoms with Crippen molar-refractivity contribution in [3.8, 4) is 0 Å². The van der Waals surface area contributed by atoms with E-state index in [1.54, 1.807) is 12.1 Å². The van der Waals surface area contributed by atoms with Crippen molar-refractivity contribution in [2.75, 3.05) is 5.75 Å². The maximum absolute atomic E-state index is 11.8. The van der Waals surface area contributed by atoms with Gasteiger partial charge in [-0.05, 0) is 52.8 Å². The fourth-order valence-corrected chi connectivity index (χ4v) is 3.26. The zero-order valence-electron chi connectivity index (χ0n) is 13.4. The van der Waals surface area contributed by atoms with Crippen LogP contribution in [0, 0.1) is 13.7 Å². The number of nitro groups is 1. The summed E-state index contributed by atoms with van der Waals surface area (Å²) >= 11 is 3.65. The zero-order chi connectivity index (χ0) is 18.2. The lowest BCUT2D eigenvalue weighted by Gasteiger charge is -2.04. The second-order valence-electron chi connectivity index (χ2n) is 5.16. The maximum Gasteiger partial charge on any atom is 0.269 e. The van der Waals surface area contributed by atoms with Crippen LogP contribution in [0.3, 0.4) is 0 Å². The summed E-state index contributed by atoms with van der Waals surface area (Å²) in [5.41, 5.74) is 5.25. The molecule has 0 aliphatic carbocycles. The quantitative estimate of drug-likeness (QED) is 0.288. The Labute approximate surface area is 163 Å². The monoisotopic (exact) mass is 469 g/mol. The van der Waals surface area contributed by atoms with Crippen LogP contribution in [-0.4, -0.2) is 22.3 Å². The Kier molecular flexibility index (Phi) is 7.38. The van der Waals surface area contributed by atoms with Crippen LogP contribution in [-0.2, 0) is 10.5 Å². The maximum atomic E-state index is 11.8. The van der Waals surface area contributed by atoms with Gasteiger partial charge in [0, 0.05) is 21.5 Å². The predicted octanol–water partition coefficient (Wildman–Crippen LogP) is 3.97. The van der Waals surface area contributed by atoms with Gasteiger partial charge in [-0.3, -0.25) is 14.9 Å². The van der Waals surface area contributed by atoms with Crippen LogP contribution in [0.2, 0.25) is 0 Å². The first kappa shape index (κ1) is 19.4. The number of halogens is 1. The van der Waals surface area contributed by atoms with E-state index in [1.165, 1.54) is 23.9 Å². The third-order valence-electron chi connectivity index (χ3n) is 3.24. The van der Waals surface area contributed by atoms with Gasteiger partial charge in [-0.2, -0.15) is 5.10 Å². The molecule has 1 amide bonds. The average Bonchev–Trinajstić information content (AvgIpc) is 2.60. The summed E-state index contributed by atoms with van der Waals surface area (Å²) in [6.07, 6.45) is 0. The van der Waals surface area contributed by atoms with Crippen molar-refractivity contribution >= 4 is 51.7 Å². The number of carbonyl (C=O) groups is 1. The summed E-state index contributed by atoms with van der Waals surface area (Å²) in [6.45, 7) is 1.84. The van der Waals surface area contributed by atoms with Gasteiger partial charge in [0.1, 0.15) is 0 Å². The van der Waals surface area contributed by atoms with E-state index in [1.807, 2.05) is 31.2 Å². The third kappa shape index (κ3) is 6.46. The van der Waals surface area contributed by atoms with Crippen LogP contribution >= 0.6 is 34.4 Å². The molecule has 0 radical (unpaired) electrons. The van der Waals surface area contributed by atoms with Gasteiger partial charge in [-0.1, -0.05) is 24.3 Å². The summed E-state index contributed by atoms with van der Waals surface area (Å²) in [4.78, 5) is 22.0. The van der Waals surface area contributed by atoms with Crippen LogP contribution in [0.25, 0.3) is 0 Å². The molecule has 0 spiro atoms. The number of hydrogen-bond acceptors (Lipinski definition) is 5. The molecule has 0 unspecified atom stereocenters. The molecule has 0 heterocycles. The Morgan fingerprint density at radius 2 is 2.00 bits per heavy atom. The lowest BCUT2D eigenvalue weighted by Crippen LogP contribution is -2.21. The first-order valence-corrected chi connectivity index (χ1v) is 9.59. The molecular weight excluding hydrogens is 453 g/mol. The minimum Gasteiger partial charge on any atom is -0.272 e. The Morgan fingerprint density at radius 1 is 1.28 bits per heavy atom. The summed E-state index contributed by atoms with van der Waals surface area (Å²) in [5, 5.41) is 14.7. The second kappa shape index (κ2) is 9.52. The minimum atomic E-state index is -0.432. The van der Waals surface area contributed by atoms with Crippen molar-refractivity contribution < 1.29 is 9.72 Å². The van der Waals surface area contributed by atoms with Crippen LogP contribution in [0.15, 0.2) is 53.6 Å². The molecule has 6 nitrogen and oxygen atoms in total. The Hall–Kier alpha value is -1.94. The molecule has 2 aromatic rings. The lowest BCUT2D eigenvalue weighted by atomic mass is 10.1. The Bertz CT molecular complexity index is 794. The number of amides is 1. The predicted molar refractivity (Wildman–Crippen MR) is 109 cm³/mol. The first-order valence-electron chi connectivity index (χ1n) is 7.36. The van der Waals surface area contributed by atoms with E-state index >= 15 is 0 Å². The number of thioether (sulfide) groups is 1. The lowest BCUT2D eigenvalue weighted by molar-refractivity contribution is -0.384. The number of hydrogen-bond donors (Lipinski definition) is 1. The number of non-ortho nitro benzene ring substituents is 1. The zero-order valence-corrected chi connectivity index (χ0v) is 16.4. The molecule has 0 aliphatic rings. The molecule has 130 valence electrons. The van der Waals surface area contributed by atoms with Crippen molar-refractivity contribution in [1.82, 2.24) is 5.43 Å². The van der Waals surface area contributed by atoms with Gasteiger partial charge in [0.05, 0.1) is 16.4 Å². The van der Waals surface area contributed by atoms with E-state index in [4.69, 9.17) is 0 Å². The number of nitro benzene ring substituents is 1. The van der Waals surface area contributed by atoms with Crippen molar-refractivity contribution in [2.24, 2.45) is 5.10 Å². The molecule has 2 aromatic carbocycles. The summed E-state index contributed by atoms with van der Waals surface area (Å²) in [6, 6.07) is 14.2. The van der Waals surface area contributed by atoms with E-state index in [0.717, 1.165) is 20.4 Å². The molecule has 0 saturated carbocycles. The minimum absolute atomic E-state index is 0.0619. The number of hydrazone groups is 1. The summed E-state index contributed by atoms with van der Waals surface area (Å²) < 4.78 is 1.11. The highest BCUT2D eigenvalue weighted by molar-refractivity contribution is 14.1. The largest absolute Gasteiger partial charge is 0.272 e. The highest BCUT2D eigenvalue weighted by Gasteiger charge is 2.06.